The van der Waals surface area contributed by atoms with Gasteiger partial charge < -0.3 is 4.90 Å². The van der Waals surface area contributed by atoms with Gasteiger partial charge in [0.05, 0.1) is 5.41 Å². The van der Waals surface area contributed by atoms with Crippen molar-refractivity contribution in [2.45, 2.75) is 13.8 Å². The molecule has 0 saturated carbocycles. The molecule has 0 unspecified atom stereocenters. The summed E-state index contributed by atoms with van der Waals surface area (Å²) < 4.78 is 0. The molecule has 0 spiro atoms. The molecule has 1 aliphatic rings. The number of hydrogen-bond donors (Lipinski definition) is 1. The zero-order valence-corrected chi connectivity index (χ0v) is 9.43. The standard InChI is InChI=1S/C9H13ClN2O3/c1-9(2,5-10)8(15)12-3-6(13)11-7(14)4-12/h3-5H2,1-2H3,(H,11,13,14). The Balaban J connectivity index is 2.76. The molecular formula is C9H13ClN2O3. The molecular weight excluding hydrogens is 220 g/mol. The normalized spacial score (nSPS) is 17.7. The van der Waals surface area contributed by atoms with Crippen molar-refractivity contribution in [2.75, 3.05) is 19.0 Å². The van der Waals surface area contributed by atoms with Crippen molar-refractivity contribution < 1.29 is 14.4 Å². The summed E-state index contributed by atoms with van der Waals surface area (Å²) in [5, 5.41) is 2.13. The van der Waals surface area contributed by atoms with E-state index < -0.39 is 17.2 Å². The van der Waals surface area contributed by atoms with Gasteiger partial charge >= 0.3 is 0 Å². The van der Waals surface area contributed by atoms with Gasteiger partial charge in [-0.3, -0.25) is 19.7 Å². The summed E-state index contributed by atoms with van der Waals surface area (Å²) in [6, 6.07) is 0. The van der Waals surface area contributed by atoms with Crippen molar-refractivity contribution >= 4 is 29.3 Å². The molecule has 3 amide bonds. The Morgan fingerprint density at radius 2 is 1.87 bits per heavy atom. The van der Waals surface area contributed by atoms with Crippen LogP contribution in [0.2, 0.25) is 0 Å². The Labute approximate surface area is 92.8 Å². The summed E-state index contributed by atoms with van der Waals surface area (Å²) in [5.74, 6) is -1.03. The third-order valence-electron chi connectivity index (χ3n) is 2.15. The van der Waals surface area contributed by atoms with Crippen LogP contribution < -0.4 is 5.32 Å². The maximum absolute atomic E-state index is 11.9. The first kappa shape index (κ1) is 12.0. The fourth-order valence-corrected chi connectivity index (χ4v) is 1.38. The Hall–Kier alpha value is -1.10. The van der Waals surface area contributed by atoms with Crippen molar-refractivity contribution in [1.29, 1.82) is 0 Å². The highest BCUT2D eigenvalue weighted by molar-refractivity contribution is 6.20. The second-order valence-electron chi connectivity index (χ2n) is 4.15. The minimum atomic E-state index is -0.751. The number of halogens is 1. The molecule has 1 heterocycles. The van der Waals surface area contributed by atoms with Crippen molar-refractivity contribution in [1.82, 2.24) is 10.2 Å². The summed E-state index contributed by atoms with van der Waals surface area (Å²) in [7, 11) is 0. The van der Waals surface area contributed by atoms with Crippen LogP contribution in [0.5, 0.6) is 0 Å². The van der Waals surface area contributed by atoms with Crippen LogP contribution in [-0.2, 0) is 14.4 Å². The van der Waals surface area contributed by atoms with E-state index in [2.05, 4.69) is 5.32 Å². The van der Waals surface area contributed by atoms with E-state index in [1.807, 2.05) is 0 Å². The van der Waals surface area contributed by atoms with Crippen LogP contribution in [0, 0.1) is 5.41 Å². The van der Waals surface area contributed by atoms with E-state index >= 15 is 0 Å². The van der Waals surface area contributed by atoms with Gasteiger partial charge in [-0.15, -0.1) is 11.6 Å². The molecule has 0 aromatic carbocycles. The third-order valence-corrected chi connectivity index (χ3v) is 2.82. The fraction of sp³-hybridized carbons (Fsp3) is 0.667. The minimum Gasteiger partial charge on any atom is -0.324 e. The van der Waals surface area contributed by atoms with Crippen LogP contribution in [-0.4, -0.2) is 41.6 Å². The van der Waals surface area contributed by atoms with Crippen LogP contribution in [0.4, 0.5) is 0 Å². The van der Waals surface area contributed by atoms with Crippen molar-refractivity contribution in [2.24, 2.45) is 5.41 Å². The second kappa shape index (κ2) is 4.18. The number of carbonyl (C=O) groups excluding carboxylic acids is 3. The van der Waals surface area contributed by atoms with E-state index in [9.17, 15) is 14.4 Å². The van der Waals surface area contributed by atoms with Gasteiger partial charge in [0.25, 0.3) is 0 Å². The molecule has 1 N–H and O–H groups in total. The molecule has 84 valence electrons. The number of carbonyl (C=O) groups is 3. The number of imide groups is 1. The predicted molar refractivity (Wildman–Crippen MR) is 54.2 cm³/mol. The smallest absolute Gasteiger partial charge is 0.246 e. The lowest BCUT2D eigenvalue weighted by Gasteiger charge is -2.31. The van der Waals surface area contributed by atoms with Crippen LogP contribution in [0.15, 0.2) is 0 Å². The van der Waals surface area contributed by atoms with Crippen LogP contribution >= 0.6 is 11.6 Å². The molecule has 0 atom stereocenters. The van der Waals surface area contributed by atoms with Crippen molar-refractivity contribution in [3.63, 3.8) is 0 Å². The average molecular weight is 233 g/mol. The number of nitrogens with zero attached hydrogens (tertiary/aromatic N) is 1. The number of nitrogens with one attached hydrogen (secondary N) is 1. The van der Waals surface area contributed by atoms with Crippen LogP contribution in [0.3, 0.4) is 0 Å². The Kier molecular flexibility index (Phi) is 3.34. The molecule has 0 aliphatic carbocycles. The highest BCUT2D eigenvalue weighted by atomic mass is 35.5. The highest BCUT2D eigenvalue weighted by Crippen LogP contribution is 2.20. The maximum atomic E-state index is 11.9. The second-order valence-corrected chi connectivity index (χ2v) is 4.42. The molecule has 1 aliphatic heterocycles. The van der Waals surface area contributed by atoms with E-state index in [0.29, 0.717) is 0 Å². The maximum Gasteiger partial charge on any atom is 0.246 e. The van der Waals surface area contributed by atoms with E-state index in [0.717, 1.165) is 0 Å². The first-order valence-electron chi connectivity index (χ1n) is 4.55. The zero-order valence-electron chi connectivity index (χ0n) is 8.67. The average Bonchev–Trinajstić information content (AvgIpc) is 2.15. The number of piperazine rings is 1. The summed E-state index contributed by atoms with van der Waals surface area (Å²) in [4.78, 5) is 35.2. The van der Waals surface area contributed by atoms with Crippen molar-refractivity contribution in [3.05, 3.63) is 0 Å². The van der Waals surface area contributed by atoms with Crippen LogP contribution in [0.25, 0.3) is 0 Å². The minimum absolute atomic E-state index is 0.0785. The van der Waals surface area contributed by atoms with E-state index in [4.69, 9.17) is 11.6 Å². The lowest BCUT2D eigenvalue weighted by Crippen LogP contribution is -2.56. The predicted octanol–water partition coefficient (Wildman–Crippen LogP) is -0.264. The lowest BCUT2D eigenvalue weighted by atomic mass is 9.94. The summed E-state index contributed by atoms with van der Waals surface area (Å²) >= 11 is 5.65. The molecule has 1 saturated heterocycles. The Bertz CT molecular complexity index is 298. The molecule has 0 aromatic rings. The van der Waals surface area contributed by atoms with Gasteiger partial charge in [0.15, 0.2) is 0 Å². The lowest BCUT2D eigenvalue weighted by molar-refractivity contribution is -0.149. The monoisotopic (exact) mass is 232 g/mol. The van der Waals surface area contributed by atoms with Gasteiger partial charge in [-0.2, -0.15) is 0 Å². The number of amides is 3. The Morgan fingerprint density at radius 3 is 2.27 bits per heavy atom. The highest BCUT2D eigenvalue weighted by Gasteiger charge is 2.35. The van der Waals surface area contributed by atoms with Crippen molar-refractivity contribution in [3.8, 4) is 0 Å². The molecule has 0 radical (unpaired) electrons. The van der Waals surface area contributed by atoms with E-state index in [-0.39, 0.29) is 24.9 Å². The third kappa shape index (κ3) is 2.68. The molecule has 1 rings (SSSR count). The molecule has 6 heteroatoms. The van der Waals surface area contributed by atoms with Gasteiger partial charge in [-0.25, -0.2) is 0 Å². The van der Waals surface area contributed by atoms with E-state index in [1.165, 1.54) is 4.90 Å². The van der Waals surface area contributed by atoms with Gasteiger partial charge in [0, 0.05) is 5.88 Å². The molecule has 0 aromatic heterocycles. The molecule has 1 fully saturated rings. The zero-order chi connectivity index (χ0) is 11.6. The summed E-state index contributed by atoms with van der Waals surface area (Å²) in [6.07, 6.45) is 0. The van der Waals surface area contributed by atoms with Gasteiger partial charge in [-0.1, -0.05) is 0 Å². The molecule has 15 heavy (non-hydrogen) atoms. The van der Waals surface area contributed by atoms with Gasteiger partial charge in [0.1, 0.15) is 13.1 Å². The number of rotatable bonds is 2. The number of hydrogen-bond acceptors (Lipinski definition) is 3. The summed E-state index contributed by atoms with van der Waals surface area (Å²) in [6.45, 7) is 3.20. The largest absolute Gasteiger partial charge is 0.324 e. The first-order chi connectivity index (χ1) is 6.86. The quantitative estimate of drug-likeness (QED) is 0.527. The molecule has 5 nitrogen and oxygen atoms in total. The van der Waals surface area contributed by atoms with Gasteiger partial charge in [-0.05, 0) is 13.8 Å². The first-order valence-corrected chi connectivity index (χ1v) is 5.08. The van der Waals surface area contributed by atoms with Gasteiger partial charge in [0.2, 0.25) is 17.7 Å². The fourth-order valence-electron chi connectivity index (χ4n) is 1.27. The summed E-state index contributed by atoms with van der Waals surface area (Å²) in [5.41, 5.74) is -0.751. The van der Waals surface area contributed by atoms with Crippen LogP contribution in [0.1, 0.15) is 13.8 Å². The Morgan fingerprint density at radius 1 is 1.40 bits per heavy atom. The SMILES string of the molecule is CC(C)(CCl)C(=O)N1CC(=O)NC(=O)C1. The topological polar surface area (TPSA) is 66.5 Å². The number of alkyl halides is 1. The molecule has 0 bridgehead atoms. The van der Waals surface area contributed by atoms with E-state index in [1.54, 1.807) is 13.8 Å².